The van der Waals surface area contributed by atoms with E-state index in [0.717, 1.165) is 51.9 Å². The summed E-state index contributed by atoms with van der Waals surface area (Å²) in [7, 11) is 0. The maximum atomic E-state index is 12.2. The van der Waals surface area contributed by atoms with Gasteiger partial charge in [0.25, 0.3) is 0 Å². The molecule has 0 spiro atoms. The van der Waals surface area contributed by atoms with Crippen molar-refractivity contribution in [2.45, 2.75) is 52.0 Å². The van der Waals surface area contributed by atoms with Gasteiger partial charge in [0.15, 0.2) is 0 Å². The fraction of sp³-hybridized carbons (Fsp3) is 0.933. The third kappa shape index (κ3) is 3.93. The molecule has 0 aromatic rings. The number of hydrogen-bond acceptors (Lipinski definition) is 3. The lowest BCUT2D eigenvalue weighted by atomic mass is 9.78. The summed E-state index contributed by atoms with van der Waals surface area (Å²) in [5, 5.41) is 3.15. The zero-order valence-corrected chi connectivity index (χ0v) is 12.3. The van der Waals surface area contributed by atoms with Gasteiger partial charge in [0.1, 0.15) is 0 Å². The topological polar surface area (TPSA) is 64.3 Å². The molecule has 4 nitrogen and oxygen atoms in total. The van der Waals surface area contributed by atoms with Gasteiger partial charge in [-0.05, 0) is 43.4 Å². The summed E-state index contributed by atoms with van der Waals surface area (Å²) in [6.07, 6.45) is 4.97. The highest BCUT2D eigenvalue weighted by atomic mass is 16.5. The molecule has 19 heavy (non-hydrogen) atoms. The van der Waals surface area contributed by atoms with E-state index in [9.17, 15) is 4.79 Å². The molecular formula is C15H28N2O2. The van der Waals surface area contributed by atoms with Crippen LogP contribution >= 0.6 is 0 Å². The van der Waals surface area contributed by atoms with Crippen LogP contribution in [-0.4, -0.2) is 31.7 Å². The minimum Gasteiger partial charge on any atom is -0.381 e. The Labute approximate surface area is 116 Å². The van der Waals surface area contributed by atoms with Crippen LogP contribution in [0.15, 0.2) is 0 Å². The number of nitrogens with two attached hydrogens (primary N) is 1. The number of ether oxygens (including phenoxy) is 1. The molecule has 2 aliphatic rings. The lowest BCUT2D eigenvalue weighted by Crippen LogP contribution is -2.45. The second-order valence-corrected chi connectivity index (χ2v) is 6.79. The van der Waals surface area contributed by atoms with E-state index >= 15 is 0 Å². The van der Waals surface area contributed by atoms with Gasteiger partial charge >= 0.3 is 0 Å². The summed E-state index contributed by atoms with van der Waals surface area (Å²) in [4.78, 5) is 12.2. The fourth-order valence-electron chi connectivity index (χ4n) is 3.08. The van der Waals surface area contributed by atoms with E-state index in [1.54, 1.807) is 0 Å². The van der Waals surface area contributed by atoms with E-state index < -0.39 is 0 Å². The average molecular weight is 268 g/mol. The second-order valence-electron chi connectivity index (χ2n) is 6.79. The minimum atomic E-state index is 0.120. The molecule has 0 bridgehead atoms. The van der Waals surface area contributed by atoms with Crippen molar-refractivity contribution < 1.29 is 9.53 Å². The number of carbonyl (C=O) groups excluding carboxylic acids is 1. The molecule has 2 fully saturated rings. The van der Waals surface area contributed by atoms with Gasteiger partial charge < -0.3 is 15.8 Å². The largest absolute Gasteiger partial charge is 0.381 e. The van der Waals surface area contributed by atoms with E-state index in [-0.39, 0.29) is 23.3 Å². The van der Waals surface area contributed by atoms with Gasteiger partial charge in [-0.2, -0.15) is 0 Å². The Kier molecular flexibility index (Phi) is 4.85. The van der Waals surface area contributed by atoms with Gasteiger partial charge in [0, 0.05) is 31.7 Å². The van der Waals surface area contributed by atoms with Crippen molar-refractivity contribution in [3.8, 4) is 0 Å². The number of amides is 1. The molecule has 1 aliphatic carbocycles. The average Bonchev–Trinajstić information content (AvgIpc) is 2.40. The fourth-order valence-corrected chi connectivity index (χ4v) is 3.08. The van der Waals surface area contributed by atoms with Crippen LogP contribution in [0.4, 0.5) is 0 Å². The molecule has 1 saturated carbocycles. The van der Waals surface area contributed by atoms with Crippen LogP contribution in [-0.2, 0) is 9.53 Å². The molecule has 1 aliphatic heterocycles. The maximum absolute atomic E-state index is 12.2. The highest BCUT2D eigenvalue weighted by Crippen LogP contribution is 2.30. The minimum absolute atomic E-state index is 0.120. The molecule has 0 radical (unpaired) electrons. The Balaban J connectivity index is 1.78. The Morgan fingerprint density at radius 2 is 2.05 bits per heavy atom. The van der Waals surface area contributed by atoms with Gasteiger partial charge in [-0.25, -0.2) is 0 Å². The maximum Gasteiger partial charge on any atom is 0.223 e. The molecule has 2 rings (SSSR count). The first-order valence-corrected chi connectivity index (χ1v) is 7.61. The van der Waals surface area contributed by atoms with Crippen molar-refractivity contribution in [3.63, 3.8) is 0 Å². The summed E-state index contributed by atoms with van der Waals surface area (Å²) in [5.41, 5.74) is 6.28. The van der Waals surface area contributed by atoms with E-state index in [1.165, 1.54) is 0 Å². The Morgan fingerprint density at radius 3 is 2.68 bits per heavy atom. The molecule has 110 valence electrons. The van der Waals surface area contributed by atoms with Crippen molar-refractivity contribution in [2.24, 2.45) is 23.0 Å². The first kappa shape index (κ1) is 14.8. The van der Waals surface area contributed by atoms with Crippen LogP contribution in [0.2, 0.25) is 0 Å². The van der Waals surface area contributed by atoms with Gasteiger partial charge in [0.05, 0.1) is 0 Å². The van der Waals surface area contributed by atoms with Gasteiger partial charge in [-0.3, -0.25) is 4.79 Å². The van der Waals surface area contributed by atoms with Crippen LogP contribution < -0.4 is 11.1 Å². The van der Waals surface area contributed by atoms with Crippen LogP contribution in [0.25, 0.3) is 0 Å². The Morgan fingerprint density at radius 1 is 1.37 bits per heavy atom. The zero-order chi connectivity index (χ0) is 13.9. The highest BCUT2D eigenvalue weighted by Gasteiger charge is 2.32. The first-order chi connectivity index (χ1) is 9.00. The number of nitrogens with one attached hydrogen (secondary N) is 1. The van der Waals surface area contributed by atoms with Gasteiger partial charge in [-0.15, -0.1) is 0 Å². The third-order valence-electron chi connectivity index (χ3n) is 5.02. The predicted molar refractivity (Wildman–Crippen MR) is 75.7 cm³/mol. The van der Waals surface area contributed by atoms with E-state index in [0.29, 0.717) is 5.92 Å². The van der Waals surface area contributed by atoms with E-state index in [1.807, 2.05) is 0 Å². The standard InChI is InChI=1S/C15H28N2O2/c1-11-3-4-12(9-13(11)16)14(18)17-10-15(2)5-7-19-8-6-15/h11-13H,3-10,16H2,1-2H3,(H,17,18). The lowest BCUT2D eigenvalue weighted by Gasteiger charge is -2.35. The number of rotatable bonds is 3. The summed E-state index contributed by atoms with van der Waals surface area (Å²) < 4.78 is 5.38. The van der Waals surface area contributed by atoms with Crippen molar-refractivity contribution in [1.82, 2.24) is 5.32 Å². The molecule has 0 aromatic heterocycles. The van der Waals surface area contributed by atoms with Crippen LogP contribution in [0.3, 0.4) is 0 Å². The third-order valence-corrected chi connectivity index (χ3v) is 5.02. The van der Waals surface area contributed by atoms with Gasteiger partial charge in [0.2, 0.25) is 5.91 Å². The monoisotopic (exact) mass is 268 g/mol. The number of carbonyl (C=O) groups is 1. The van der Waals surface area contributed by atoms with Crippen molar-refractivity contribution in [3.05, 3.63) is 0 Å². The SMILES string of the molecule is CC1CCC(C(=O)NCC2(C)CCOCC2)CC1N. The van der Waals surface area contributed by atoms with Crippen LogP contribution in [0.1, 0.15) is 46.0 Å². The molecule has 4 heteroatoms. The van der Waals surface area contributed by atoms with Crippen molar-refractivity contribution in [1.29, 1.82) is 0 Å². The van der Waals surface area contributed by atoms with Crippen LogP contribution in [0.5, 0.6) is 0 Å². The summed E-state index contributed by atoms with van der Waals surface area (Å²) in [5.74, 6) is 0.877. The quantitative estimate of drug-likeness (QED) is 0.818. The normalized spacial score (nSPS) is 34.8. The Bertz CT molecular complexity index is 313. The molecule has 1 saturated heterocycles. The lowest BCUT2D eigenvalue weighted by molar-refractivity contribution is -0.127. The predicted octanol–water partition coefficient (Wildman–Crippen LogP) is 1.68. The smallest absolute Gasteiger partial charge is 0.223 e. The van der Waals surface area contributed by atoms with Crippen molar-refractivity contribution >= 4 is 5.91 Å². The molecule has 1 heterocycles. The molecule has 3 atom stereocenters. The summed E-state index contributed by atoms with van der Waals surface area (Å²) in [6, 6.07) is 0.183. The molecule has 3 unspecified atom stereocenters. The van der Waals surface area contributed by atoms with Crippen molar-refractivity contribution in [2.75, 3.05) is 19.8 Å². The zero-order valence-electron chi connectivity index (χ0n) is 12.3. The highest BCUT2D eigenvalue weighted by molar-refractivity contribution is 5.78. The van der Waals surface area contributed by atoms with E-state index in [4.69, 9.17) is 10.5 Å². The molecule has 1 amide bonds. The second kappa shape index (κ2) is 6.23. The first-order valence-electron chi connectivity index (χ1n) is 7.61. The van der Waals surface area contributed by atoms with E-state index in [2.05, 4.69) is 19.2 Å². The summed E-state index contributed by atoms with van der Waals surface area (Å²) >= 11 is 0. The van der Waals surface area contributed by atoms with Crippen LogP contribution in [0, 0.1) is 17.3 Å². The summed E-state index contributed by atoms with van der Waals surface area (Å²) in [6.45, 7) is 6.83. The molecular weight excluding hydrogens is 240 g/mol. The van der Waals surface area contributed by atoms with Gasteiger partial charge in [-0.1, -0.05) is 13.8 Å². The number of hydrogen-bond donors (Lipinski definition) is 2. The Hall–Kier alpha value is -0.610. The molecule has 0 aromatic carbocycles. The molecule has 3 N–H and O–H groups in total.